The van der Waals surface area contributed by atoms with Crippen molar-refractivity contribution < 1.29 is 29.0 Å². The summed E-state index contributed by atoms with van der Waals surface area (Å²) < 4.78 is 11.8. The molecule has 3 heterocycles. The van der Waals surface area contributed by atoms with Crippen LogP contribution in [0.5, 0.6) is 0 Å². The molecule has 0 aromatic rings. The molecule has 3 fully saturated rings. The van der Waals surface area contributed by atoms with Gasteiger partial charge in [0, 0.05) is 26.2 Å². The minimum atomic E-state index is -1.03. The summed E-state index contributed by atoms with van der Waals surface area (Å²) in [6.45, 7) is 10.8. The van der Waals surface area contributed by atoms with E-state index < -0.39 is 35.6 Å². The molecule has 0 radical (unpaired) electrons. The molecule has 3 rings (SSSR count). The molecule has 2 bridgehead atoms. The standard InChI is InChI=1S/C24H36N2O6/c1-4-7-13-25(12-6-3)22(29)20-24-11-10-17(32-24)18(23(30)31-16-8-5-2)19(24)21(28)26(20)14-9-15-27/h5-6,17-20,27H,2-4,7-16H2,1H3/t17-,18+,19+,20?,24?/m1/s1. The maximum atomic E-state index is 13.8. The Balaban J connectivity index is 1.93. The summed E-state index contributed by atoms with van der Waals surface area (Å²) in [5, 5.41) is 9.38. The molecule has 2 unspecified atom stereocenters. The minimum absolute atomic E-state index is 0.0922. The van der Waals surface area contributed by atoms with Crippen LogP contribution in [0.25, 0.3) is 0 Å². The van der Waals surface area contributed by atoms with Gasteiger partial charge in [-0.25, -0.2) is 0 Å². The van der Waals surface area contributed by atoms with Crippen LogP contribution in [0.15, 0.2) is 25.3 Å². The molecule has 0 saturated carbocycles. The largest absolute Gasteiger partial charge is 0.465 e. The van der Waals surface area contributed by atoms with E-state index in [1.54, 1.807) is 17.1 Å². The summed E-state index contributed by atoms with van der Waals surface area (Å²) in [5.74, 6) is -2.31. The van der Waals surface area contributed by atoms with Gasteiger partial charge in [0.2, 0.25) is 11.8 Å². The number of aliphatic hydroxyl groups is 1. The summed E-state index contributed by atoms with van der Waals surface area (Å²) in [6.07, 6.45) is 6.76. The number of fused-ring (bicyclic) bond motifs is 1. The van der Waals surface area contributed by atoms with E-state index in [2.05, 4.69) is 20.1 Å². The van der Waals surface area contributed by atoms with Crippen molar-refractivity contribution in [3.05, 3.63) is 25.3 Å². The van der Waals surface area contributed by atoms with E-state index in [0.29, 0.717) is 38.8 Å². The monoisotopic (exact) mass is 448 g/mol. The lowest BCUT2D eigenvalue weighted by molar-refractivity contribution is -0.155. The zero-order chi connectivity index (χ0) is 23.3. The van der Waals surface area contributed by atoms with Crippen LogP contribution in [0.1, 0.15) is 45.4 Å². The zero-order valence-electron chi connectivity index (χ0n) is 19.0. The van der Waals surface area contributed by atoms with Crippen molar-refractivity contribution in [1.29, 1.82) is 0 Å². The highest BCUT2D eigenvalue weighted by atomic mass is 16.6. The molecule has 3 saturated heterocycles. The van der Waals surface area contributed by atoms with E-state index in [4.69, 9.17) is 9.47 Å². The van der Waals surface area contributed by atoms with E-state index in [9.17, 15) is 19.5 Å². The number of ether oxygens (including phenoxy) is 2. The third kappa shape index (κ3) is 4.22. The van der Waals surface area contributed by atoms with Gasteiger partial charge in [0.1, 0.15) is 11.6 Å². The lowest BCUT2D eigenvalue weighted by atomic mass is 9.70. The van der Waals surface area contributed by atoms with Gasteiger partial charge in [-0.05, 0) is 32.1 Å². The number of aliphatic hydroxyl groups excluding tert-OH is 1. The van der Waals surface area contributed by atoms with Crippen LogP contribution >= 0.6 is 0 Å². The number of unbranched alkanes of at least 4 members (excludes halogenated alkanes) is 1. The number of carbonyl (C=O) groups is 3. The van der Waals surface area contributed by atoms with E-state index in [0.717, 1.165) is 12.8 Å². The molecular weight excluding hydrogens is 412 g/mol. The predicted molar refractivity (Wildman–Crippen MR) is 118 cm³/mol. The van der Waals surface area contributed by atoms with Crippen molar-refractivity contribution in [3.63, 3.8) is 0 Å². The maximum absolute atomic E-state index is 13.8. The van der Waals surface area contributed by atoms with Crippen LogP contribution in [0, 0.1) is 11.8 Å². The van der Waals surface area contributed by atoms with E-state index in [1.165, 1.54) is 4.90 Å². The SMILES string of the molecule is C=CCCOC(=O)[C@@H]1[C@H]2C(=O)N(CCCO)C(C(=O)N(CC=C)CCCC)C23CC[C@H]1O3. The number of hydrogen-bond donors (Lipinski definition) is 1. The van der Waals surface area contributed by atoms with Gasteiger partial charge in [0.25, 0.3) is 0 Å². The lowest BCUT2D eigenvalue weighted by Crippen LogP contribution is -2.56. The molecule has 3 aliphatic rings. The number of esters is 1. The summed E-state index contributed by atoms with van der Waals surface area (Å²) in [5.41, 5.74) is -1.03. The highest BCUT2D eigenvalue weighted by Gasteiger charge is 2.74. The predicted octanol–water partition coefficient (Wildman–Crippen LogP) is 1.68. The van der Waals surface area contributed by atoms with Crippen LogP contribution in [-0.2, 0) is 23.9 Å². The second-order valence-electron chi connectivity index (χ2n) is 8.84. The topological polar surface area (TPSA) is 96.4 Å². The Morgan fingerprint density at radius 3 is 2.78 bits per heavy atom. The molecule has 5 atom stereocenters. The summed E-state index contributed by atoms with van der Waals surface area (Å²) in [7, 11) is 0. The van der Waals surface area contributed by atoms with E-state index in [1.807, 2.05) is 0 Å². The van der Waals surface area contributed by atoms with Crippen LogP contribution < -0.4 is 0 Å². The Bertz CT molecular complexity index is 740. The first-order valence-electron chi connectivity index (χ1n) is 11.7. The van der Waals surface area contributed by atoms with Gasteiger partial charge in [-0.15, -0.1) is 13.2 Å². The first-order chi connectivity index (χ1) is 15.5. The molecule has 0 aromatic heterocycles. The summed E-state index contributed by atoms with van der Waals surface area (Å²) >= 11 is 0. The van der Waals surface area contributed by atoms with E-state index >= 15 is 0 Å². The van der Waals surface area contributed by atoms with Gasteiger partial charge in [0.15, 0.2) is 0 Å². The highest BCUT2D eigenvalue weighted by molar-refractivity contribution is 5.98. The molecule has 2 amide bonds. The van der Waals surface area contributed by atoms with Crippen LogP contribution in [0.2, 0.25) is 0 Å². The molecule has 8 nitrogen and oxygen atoms in total. The van der Waals surface area contributed by atoms with Gasteiger partial charge >= 0.3 is 5.97 Å². The Morgan fingerprint density at radius 1 is 1.34 bits per heavy atom. The average molecular weight is 449 g/mol. The zero-order valence-corrected chi connectivity index (χ0v) is 19.0. The quantitative estimate of drug-likeness (QED) is 0.262. The number of nitrogens with zero attached hydrogens (tertiary/aromatic N) is 2. The number of rotatable bonds is 13. The third-order valence-corrected chi connectivity index (χ3v) is 6.87. The van der Waals surface area contributed by atoms with Gasteiger partial charge in [-0.1, -0.05) is 25.5 Å². The van der Waals surface area contributed by atoms with Gasteiger partial charge in [-0.2, -0.15) is 0 Å². The summed E-state index contributed by atoms with van der Waals surface area (Å²) in [4.78, 5) is 43.5. The maximum Gasteiger partial charge on any atom is 0.312 e. The first-order valence-corrected chi connectivity index (χ1v) is 11.7. The molecule has 32 heavy (non-hydrogen) atoms. The Labute approximate surface area is 190 Å². The summed E-state index contributed by atoms with van der Waals surface area (Å²) in [6, 6.07) is -0.806. The fraction of sp³-hybridized carbons (Fsp3) is 0.708. The third-order valence-electron chi connectivity index (χ3n) is 6.87. The number of amides is 2. The van der Waals surface area contributed by atoms with Gasteiger partial charge < -0.3 is 24.4 Å². The van der Waals surface area contributed by atoms with Gasteiger partial charge in [0.05, 0.1) is 24.5 Å². The molecular formula is C24H36N2O6. The highest BCUT2D eigenvalue weighted by Crippen LogP contribution is 2.58. The van der Waals surface area contributed by atoms with Crippen molar-refractivity contribution in [3.8, 4) is 0 Å². The molecule has 0 aromatic carbocycles. The molecule has 1 spiro atoms. The minimum Gasteiger partial charge on any atom is -0.465 e. The number of likely N-dealkylation sites (tertiary alicyclic amines) is 1. The second kappa shape index (κ2) is 10.6. The van der Waals surface area contributed by atoms with Crippen LogP contribution in [0.4, 0.5) is 0 Å². The van der Waals surface area contributed by atoms with Crippen molar-refractivity contribution >= 4 is 17.8 Å². The Kier molecular flexibility index (Phi) is 8.11. The first kappa shape index (κ1) is 24.5. The Hall–Kier alpha value is -2.19. The van der Waals surface area contributed by atoms with Crippen molar-refractivity contribution in [1.82, 2.24) is 9.80 Å². The molecule has 8 heteroatoms. The fourth-order valence-corrected chi connectivity index (χ4v) is 5.49. The second-order valence-corrected chi connectivity index (χ2v) is 8.84. The van der Waals surface area contributed by atoms with Crippen molar-refractivity contribution in [2.75, 3.05) is 32.8 Å². The Morgan fingerprint density at radius 2 is 2.12 bits per heavy atom. The van der Waals surface area contributed by atoms with Crippen molar-refractivity contribution in [2.45, 2.75) is 63.2 Å². The average Bonchev–Trinajstić information content (AvgIpc) is 3.42. The molecule has 0 aliphatic carbocycles. The lowest BCUT2D eigenvalue weighted by Gasteiger charge is -2.36. The fourth-order valence-electron chi connectivity index (χ4n) is 5.49. The van der Waals surface area contributed by atoms with Crippen molar-refractivity contribution in [2.24, 2.45) is 11.8 Å². The molecule has 3 aliphatic heterocycles. The van der Waals surface area contributed by atoms with Crippen LogP contribution in [0.3, 0.4) is 0 Å². The number of carbonyl (C=O) groups excluding carboxylic acids is 3. The molecule has 1 N–H and O–H groups in total. The van der Waals surface area contributed by atoms with Crippen LogP contribution in [-0.4, -0.2) is 83.3 Å². The molecule has 178 valence electrons. The smallest absolute Gasteiger partial charge is 0.312 e. The van der Waals surface area contributed by atoms with E-state index in [-0.39, 0.29) is 31.6 Å². The normalized spacial score (nSPS) is 30.3. The van der Waals surface area contributed by atoms with Gasteiger partial charge in [-0.3, -0.25) is 14.4 Å². The number of hydrogen-bond acceptors (Lipinski definition) is 6.